The molecule has 0 bridgehead atoms. The van der Waals surface area contributed by atoms with Gasteiger partial charge in [-0.25, -0.2) is 8.78 Å². The van der Waals surface area contributed by atoms with Crippen molar-refractivity contribution in [3.63, 3.8) is 0 Å². The summed E-state index contributed by atoms with van der Waals surface area (Å²) in [6.45, 7) is 7.20. The van der Waals surface area contributed by atoms with E-state index < -0.39 is 11.6 Å². The van der Waals surface area contributed by atoms with E-state index in [1.807, 2.05) is 13.8 Å². The van der Waals surface area contributed by atoms with E-state index >= 15 is 0 Å². The summed E-state index contributed by atoms with van der Waals surface area (Å²) >= 11 is 0. The third-order valence-electron chi connectivity index (χ3n) is 3.76. The highest BCUT2D eigenvalue weighted by molar-refractivity contribution is 5.93. The van der Waals surface area contributed by atoms with Gasteiger partial charge in [-0.1, -0.05) is 0 Å². The van der Waals surface area contributed by atoms with Crippen LogP contribution in [0, 0.1) is 11.6 Å². The molecule has 2 rings (SSSR count). The fraction of sp³-hybridized carbons (Fsp3) is 0.533. The summed E-state index contributed by atoms with van der Waals surface area (Å²) in [5, 5.41) is 2.52. The predicted molar refractivity (Wildman–Crippen MR) is 75.2 cm³/mol. The van der Waals surface area contributed by atoms with Crippen LogP contribution in [0.25, 0.3) is 0 Å². The van der Waals surface area contributed by atoms with Crippen LogP contribution < -0.4 is 10.2 Å². The molecule has 1 aliphatic rings. The highest BCUT2D eigenvalue weighted by atomic mass is 19.1. The van der Waals surface area contributed by atoms with Crippen molar-refractivity contribution in [1.82, 2.24) is 0 Å². The quantitative estimate of drug-likeness (QED) is 0.874. The lowest BCUT2D eigenvalue weighted by molar-refractivity contribution is -0.928. The average Bonchev–Trinajstić information content (AvgIpc) is 2.40. The highest BCUT2D eigenvalue weighted by Gasteiger charge is 2.33. The van der Waals surface area contributed by atoms with Gasteiger partial charge in [0, 0.05) is 6.07 Å². The van der Waals surface area contributed by atoms with E-state index in [-0.39, 0.29) is 29.8 Å². The number of rotatable bonds is 3. The maximum Gasteiger partial charge on any atom is 0.282 e. The zero-order valence-electron chi connectivity index (χ0n) is 12.5. The van der Waals surface area contributed by atoms with Crippen LogP contribution in [0.5, 0.6) is 0 Å². The van der Waals surface area contributed by atoms with Gasteiger partial charge in [-0.2, -0.15) is 0 Å². The van der Waals surface area contributed by atoms with Gasteiger partial charge in [0.25, 0.3) is 5.91 Å². The van der Waals surface area contributed by atoms with Crippen LogP contribution in [-0.2, 0) is 9.53 Å². The summed E-state index contributed by atoms with van der Waals surface area (Å²) in [4.78, 5) is 13.3. The van der Waals surface area contributed by atoms with Gasteiger partial charge in [-0.3, -0.25) is 4.79 Å². The van der Waals surface area contributed by atoms with Crippen molar-refractivity contribution in [1.29, 1.82) is 0 Å². The predicted octanol–water partition coefficient (Wildman–Crippen LogP) is 0.984. The Bertz CT molecular complexity index is 514. The largest absolute Gasteiger partial charge is 0.364 e. The molecule has 1 fully saturated rings. The Morgan fingerprint density at radius 1 is 1.33 bits per heavy atom. The van der Waals surface area contributed by atoms with Gasteiger partial charge in [0.1, 0.15) is 36.9 Å². The van der Waals surface area contributed by atoms with Crippen LogP contribution in [0.3, 0.4) is 0 Å². The van der Waals surface area contributed by atoms with Gasteiger partial charge in [0.05, 0.1) is 5.69 Å². The Balaban J connectivity index is 2.02. The standard InChI is InChI=1S/C15H20F2N2O2/c1-9-7-19(8-10(2)21-9)11(3)15(20)18-14-5-4-12(16)6-13(14)17/h4-6,9-11H,7-8H2,1-3H3,(H,18,20)/p+1/t9-,10-,11+/m1/s1. The Morgan fingerprint density at radius 3 is 2.52 bits per heavy atom. The minimum atomic E-state index is -0.769. The van der Waals surface area contributed by atoms with Crippen LogP contribution in [-0.4, -0.2) is 37.2 Å². The molecule has 0 aromatic heterocycles. The molecule has 1 aliphatic heterocycles. The van der Waals surface area contributed by atoms with Crippen molar-refractivity contribution in [3.05, 3.63) is 29.8 Å². The number of halogens is 2. The van der Waals surface area contributed by atoms with Gasteiger partial charge >= 0.3 is 0 Å². The molecule has 1 aromatic rings. The maximum atomic E-state index is 13.6. The molecular formula is C15H21F2N2O2+. The van der Waals surface area contributed by atoms with E-state index in [0.29, 0.717) is 0 Å². The second-order valence-electron chi connectivity index (χ2n) is 5.66. The zero-order valence-corrected chi connectivity index (χ0v) is 12.5. The monoisotopic (exact) mass is 299 g/mol. The first-order valence-electron chi connectivity index (χ1n) is 7.12. The van der Waals surface area contributed by atoms with Crippen molar-refractivity contribution in [2.24, 2.45) is 0 Å². The summed E-state index contributed by atoms with van der Waals surface area (Å²) in [5.74, 6) is -1.72. The maximum absolute atomic E-state index is 13.6. The number of nitrogens with one attached hydrogen (secondary N) is 2. The summed E-state index contributed by atoms with van der Waals surface area (Å²) in [5.41, 5.74) is 0.00186. The number of amides is 1. The van der Waals surface area contributed by atoms with Crippen LogP contribution in [0.4, 0.5) is 14.5 Å². The first-order chi connectivity index (χ1) is 9.86. The second kappa shape index (κ2) is 6.49. The first kappa shape index (κ1) is 15.9. The molecule has 6 heteroatoms. The lowest BCUT2D eigenvalue weighted by atomic mass is 10.1. The van der Waals surface area contributed by atoms with Gasteiger partial charge in [-0.05, 0) is 32.9 Å². The number of morpholine rings is 1. The van der Waals surface area contributed by atoms with Crippen molar-refractivity contribution < 1.29 is 23.2 Å². The third-order valence-corrected chi connectivity index (χ3v) is 3.76. The molecule has 2 N–H and O–H groups in total. The van der Waals surface area contributed by atoms with E-state index in [2.05, 4.69) is 5.32 Å². The number of carbonyl (C=O) groups is 1. The molecule has 0 aliphatic carbocycles. The van der Waals surface area contributed by atoms with Crippen molar-refractivity contribution in [3.8, 4) is 0 Å². The summed E-state index contributed by atoms with van der Waals surface area (Å²) < 4.78 is 32.1. The number of ether oxygens (including phenoxy) is 1. The first-order valence-corrected chi connectivity index (χ1v) is 7.12. The SMILES string of the molecule is C[C@@H]1C[NH+]([C@@H](C)C(=O)Nc2ccc(F)cc2F)C[C@@H](C)O1. The topological polar surface area (TPSA) is 42.8 Å². The smallest absolute Gasteiger partial charge is 0.282 e. The Hall–Kier alpha value is -1.53. The molecular weight excluding hydrogens is 278 g/mol. The van der Waals surface area contributed by atoms with Crippen LogP contribution in [0.15, 0.2) is 18.2 Å². The molecule has 4 nitrogen and oxygen atoms in total. The van der Waals surface area contributed by atoms with Crippen LogP contribution >= 0.6 is 0 Å². The molecule has 1 saturated heterocycles. The third kappa shape index (κ3) is 3.98. The average molecular weight is 299 g/mol. The minimum Gasteiger partial charge on any atom is -0.364 e. The Labute approximate surface area is 123 Å². The summed E-state index contributed by atoms with van der Waals surface area (Å²) in [7, 11) is 0. The molecule has 116 valence electrons. The Morgan fingerprint density at radius 2 is 1.95 bits per heavy atom. The Kier molecular flexibility index (Phi) is 4.90. The highest BCUT2D eigenvalue weighted by Crippen LogP contribution is 2.15. The molecule has 1 aromatic carbocycles. The second-order valence-corrected chi connectivity index (χ2v) is 5.66. The van der Waals surface area contributed by atoms with Crippen molar-refractivity contribution in [2.75, 3.05) is 18.4 Å². The van der Waals surface area contributed by atoms with Gasteiger partial charge in [-0.15, -0.1) is 0 Å². The molecule has 0 radical (unpaired) electrons. The number of anilines is 1. The minimum absolute atomic E-state index is 0.00186. The number of quaternary nitrogens is 1. The van der Waals surface area contributed by atoms with E-state index in [0.717, 1.165) is 30.1 Å². The normalized spacial score (nSPS) is 27.2. The fourth-order valence-electron chi connectivity index (χ4n) is 2.69. The van der Waals surface area contributed by atoms with Crippen LogP contribution in [0.1, 0.15) is 20.8 Å². The fourth-order valence-corrected chi connectivity index (χ4v) is 2.69. The molecule has 3 atom stereocenters. The van der Waals surface area contributed by atoms with Gasteiger partial charge in [0.15, 0.2) is 6.04 Å². The van der Waals surface area contributed by atoms with E-state index in [1.54, 1.807) is 6.92 Å². The van der Waals surface area contributed by atoms with Crippen LogP contribution in [0.2, 0.25) is 0 Å². The number of benzene rings is 1. The molecule has 21 heavy (non-hydrogen) atoms. The van der Waals surface area contributed by atoms with Gasteiger partial charge in [0.2, 0.25) is 0 Å². The number of hydrogen-bond donors (Lipinski definition) is 2. The molecule has 1 amide bonds. The van der Waals surface area contributed by atoms with Crippen molar-refractivity contribution in [2.45, 2.75) is 39.0 Å². The molecule has 0 spiro atoms. The summed E-state index contributed by atoms with van der Waals surface area (Å²) in [6, 6.07) is 2.78. The van der Waals surface area contributed by atoms with Gasteiger partial charge < -0.3 is 15.0 Å². The van der Waals surface area contributed by atoms with E-state index in [4.69, 9.17) is 4.74 Å². The number of hydrogen-bond acceptors (Lipinski definition) is 2. The molecule has 1 heterocycles. The van der Waals surface area contributed by atoms with E-state index in [1.165, 1.54) is 6.07 Å². The van der Waals surface area contributed by atoms with E-state index in [9.17, 15) is 13.6 Å². The van der Waals surface area contributed by atoms with Crippen molar-refractivity contribution >= 4 is 11.6 Å². The number of carbonyl (C=O) groups excluding carboxylic acids is 1. The molecule has 0 unspecified atom stereocenters. The zero-order chi connectivity index (χ0) is 15.6. The summed E-state index contributed by atoms with van der Waals surface area (Å²) in [6.07, 6.45) is 0.170. The molecule has 0 saturated carbocycles. The lowest BCUT2D eigenvalue weighted by Crippen LogP contribution is -3.19. The lowest BCUT2D eigenvalue weighted by Gasteiger charge is -2.35.